The number of aromatic nitrogens is 1. The fourth-order valence-corrected chi connectivity index (χ4v) is 3.05. The van der Waals surface area contributed by atoms with Gasteiger partial charge in [-0.1, -0.05) is 43.9 Å². The Morgan fingerprint density at radius 3 is 2.39 bits per heavy atom. The van der Waals surface area contributed by atoms with Gasteiger partial charge in [-0.15, -0.1) is 0 Å². The number of unbranched alkanes of at least 4 members (excludes halogenated alkanes) is 3. The number of ether oxygens (including phenoxy) is 1. The summed E-state index contributed by atoms with van der Waals surface area (Å²) in [6.45, 7) is 2.58. The van der Waals surface area contributed by atoms with Gasteiger partial charge in [0.15, 0.2) is 0 Å². The zero-order chi connectivity index (χ0) is 20.8. The van der Waals surface area contributed by atoms with Gasteiger partial charge in [0.05, 0.1) is 11.6 Å². The van der Waals surface area contributed by atoms with E-state index in [4.69, 9.17) is 22.1 Å². The smallest absolute Gasteiger partial charge is 0.342 e. The van der Waals surface area contributed by atoms with Crippen molar-refractivity contribution in [3.05, 3.63) is 44.7 Å². The molecule has 2 aromatic rings. The van der Waals surface area contributed by atoms with Crippen molar-refractivity contribution in [1.82, 2.24) is 4.98 Å². The minimum Gasteiger partial charge on any atom is -0.492 e. The number of aromatic amines is 1. The van der Waals surface area contributed by atoms with Crippen LogP contribution in [0.1, 0.15) is 53.3 Å². The molecular formula is C19H21ClN2O6. The first kappa shape index (κ1) is 21.3. The van der Waals surface area contributed by atoms with Crippen LogP contribution in [0.4, 0.5) is 5.82 Å². The molecule has 0 radical (unpaired) electrons. The summed E-state index contributed by atoms with van der Waals surface area (Å²) < 4.78 is 5.62. The van der Waals surface area contributed by atoms with Crippen LogP contribution in [0.5, 0.6) is 5.75 Å². The molecule has 0 saturated carbocycles. The molecule has 9 heteroatoms. The van der Waals surface area contributed by atoms with E-state index in [2.05, 4.69) is 11.9 Å². The third-order valence-electron chi connectivity index (χ3n) is 4.15. The molecule has 0 aliphatic heterocycles. The molecular weight excluding hydrogens is 388 g/mol. The predicted octanol–water partition coefficient (Wildman–Crippen LogP) is 3.63. The fourth-order valence-electron chi connectivity index (χ4n) is 2.82. The van der Waals surface area contributed by atoms with Crippen molar-refractivity contribution >= 4 is 29.4 Å². The van der Waals surface area contributed by atoms with Gasteiger partial charge in [0.1, 0.15) is 22.7 Å². The zero-order valence-electron chi connectivity index (χ0n) is 15.3. The molecule has 2 rings (SSSR count). The molecule has 0 aliphatic carbocycles. The number of nitrogens with two attached hydrogens (primary N) is 1. The molecule has 0 bridgehead atoms. The zero-order valence-corrected chi connectivity index (χ0v) is 16.0. The van der Waals surface area contributed by atoms with Crippen LogP contribution in [-0.4, -0.2) is 33.7 Å². The van der Waals surface area contributed by atoms with Gasteiger partial charge < -0.3 is 25.7 Å². The topological polar surface area (TPSA) is 143 Å². The average molecular weight is 409 g/mol. The summed E-state index contributed by atoms with van der Waals surface area (Å²) in [6, 6.07) is 4.31. The summed E-state index contributed by atoms with van der Waals surface area (Å²) in [4.78, 5) is 37.3. The monoisotopic (exact) mass is 408 g/mol. The number of hydrogen-bond acceptors (Lipinski definition) is 5. The van der Waals surface area contributed by atoms with Crippen molar-refractivity contribution in [2.45, 2.75) is 32.6 Å². The number of halogens is 1. The van der Waals surface area contributed by atoms with E-state index in [9.17, 15) is 24.6 Å². The minimum atomic E-state index is -1.58. The lowest BCUT2D eigenvalue weighted by molar-refractivity contribution is 0.0695. The second-order valence-electron chi connectivity index (χ2n) is 6.16. The normalized spacial score (nSPS) is 10.6. The second-order valence-corrected chi connectivity index (χ2v) is 6.56. The van der Waals surface area contributed by atoms with E-state index in [0.29, 0.717) is 12.4 Å². The van der Waals surface area contributed by atoms with Gasteiger partial charge in [-0.05, 0) is 24.1 Å². The van der Waals surface area contributed by atoms with Crippen molar-refractivity contribution in [3.8, 4) is 16.9 Å². The van der Waals surface area contributed by atoms with E-state index in [-0.39, 0.29) is 16.1 Å². The number of benzene rings is 1. The number of carboxylic acids is 2. The summed E-state index contributed by atoms with van der Waals surface area (Å²) in [5, 5.41) is 19.0. The first-order chi connectivity index (χ1) is 13.3. The average Bonchev–Trinajstić information content (AvgIpc) is 2.61. The highest BCUT2D eigenvalue weighted by atomic mass is 35.5. The number of pyridine rings is 1. The molecule has 150 valence electrons. The Morgan fingerprint density at radius 1 is 1.14 bits per heavy atom. The molecule has 5 N–H and O–H groups in total. The maximum absolute atomic E-state index is 12.1. The number of nitrogens with one attached hydrogen (secondary N) is 1. The molecule has 0 unspecified atom stereocenters. The second kappa shape index (κ2) is 9.27. The number of hydrogen-bond donors (Lipinski definition) is 4. The van der Waals surface area contributed by atoms with Gasteiger partial charge in [-0.2, -0.15) is 0 Å². The highest BCUT2D eigenvalue weighted by Crippen LogP contribution is 2.34. The minimum absolute atomic E-state index is 0.135. The van der Waals surface area contributed by atoms with Crippen LogP contribution >= 0.6 is 11.6 Å². The molecule has 0 spiro atoms. The van der Waals surface area contributed by atoms with E-state index in [0.717, 1.165) is 25.7 Å². The Hall–Kier alpha value is -3.00. The van der Waals surface area contributed by atoms with E-state index in [1.54, 1.807) is 0 Å². The molecule has 1 aromatic carbocycles. The van der Waals surface area contributed by atoms with E-state index in [1.165, 1.54) is 18.2 Å². The number of nitrogen functional groups attached to an aromatic ring is 1. The third-order valence-corrected chi connectivity index (χ3v) is 4.44. The summed E-state index contributed by atoms with van der Waals surface area (Å²) in [5.74, 6) is -3.11. The van der Waals surface area contributed by atoms with Crippen molar-refractivity contribution in [1.29, 1.82) is 0 Å². The highest BCUT2D eigenvalue weighted by molar-refractivity contribution is 6.32. The Balaban J connectivity index is 2.47. The summed E-state index contributed by atoms with van der Waals surface area (Å²) in [6.07, 6.45) is 4.10. The van der Waals surface area contributed by atoms with Gasteiger partial charge in [0, 0.05) is 5.56 Å². The Bertz CT molecular complexity index is 954. The molecule has 1 heterocycles. The summed E-state index contributed by atoms with van der Waals surface area (Å²) in [5.41, 5.74) is 3.20. The molecule has 0 atom stereocenters. The maximum atomic E-state index is 12.1. The predicted molar refractivity (Wildman–Crippen MR) is 105 cm³/mol. The SMILES string of the molecule is CCCCCCOc1ccc(-c2c(C(=O)O)c(N)[nH]c(=O)c2C(=O)O)cc1Cl. The van der Waals surface area contributed by atoms with Crippen LogP contribution in [0.3, 0.4) is 0 Å². The third kappa shape index (κ3) is 4.64. The standard InChI is InChI=1S/C19H21ClN2O6/c1-2-3-4-5-8-28-12-7-6-10(9-11(12)20)13-14(18(24)25)16(21)22-17(23)15(13)19(26)27/h6-7,9H,2-5,8H2,1H3,(H,24,25)(H,26,27)(H3,21,22,23). The molecule has 0 fully saturated rings. The van der Waals surface area contributed by atoms with E-state index < -0.39 is 34.4 Å². The molecule has 28 heavy (non-hydrogen) atoms. The lowest BCUT2D eigenvalue weighted by Gasteiger charge is -2.14. The van der Waals surface area contributed by atoms with Crippen LogP contribution < -0.4 is 16.0 Å². The number of carboxylic acid groups (broad SMARTS) is 2. The van der Waals surface area contributed by atoms with Crippen LogP contribution in [0.15, 0.2) is 23.0 Å². The first-order valence-corrected chi connectivity index (χ1v) is 9.10. The molecule has 0 saturated heterocycles. The largest absolute Gasteiger partial charge is 0.492 e. The quantitative estimate of drug-likeness (QED) is 0.464. The van der Waals surface area contributed by atoms with Gasteiger partial charge in [-0.3, -0.25) is 4.79 Å². The van der Waals surface area contributed by atoms with Crippen LogP contribution in [0.2, 0.25) is 5.02 Å². The Labute approximate surface area is 165 Å². The van der Waals surface area contributed by atoms with Crippen LogP contribution in [0, 0.1) is 0 Å². The van der Waals surface area contributed by atoms with Gasteiger partial charge >= 0.3 is 11.9 Å². The fraction of sp³-hybridized carbons (Fsp3) is 0.316. The van der Waals surface area contributed by atoms with Crippen LogP contribution in [-0.2, 0) is 0 Å². The highest BCUT2D eigenvalue weighted by Gasteiger charge is 2.26. The molecule has 8 nitrogen and oxygen atoms in total. The van der Waals surface area contributed by atoms with E-state index in [1.807, 2.05) is 0 Å². The maximum Gasteiger partial charge on any atom is 0.342 e. The number of rotatable bonds is 9. The number of H-pyrrole nitrogens is 1. The van der Waals surface area contributed by atoms with Crippen molar-refractivity contribution in [2.24, 2.45) is 0 Å². The Morgan fingerprint density at radius 2 is 1.82 bits per heavy atom. The van der Waals surface area contributed by atoms with Crippen LogP contribution in [0.25, 0.3) is 11.1 Å². The first-order valence-electron chi connectivity index (χ1n) is 8.73. The molecule has 0 aliphatic rings. The summed E-state index contributed by atoms with van der Waals surface area (Å²) >= 11 is 6.23. The van der Waals surface area contributed by atoms with Crippen molar-refractivity contribution in [3.63, 3.8) is 0 Å². The van der Waals surface area contributed by atoms with Crippen molar-refractivity contribution in [2.75, 3.05) is 12.3 Å². The number of anilines is 1. The van der Waals surface area contributed by atoms with Gasteiger partial charge in [0.2, 0.25) is 0 Å². The lowest BCUT2D eigenvalue weighted by Crippen LogP contribution is -2.24. The van der Waals surface area contributed by atoms with Gasteiger partial charge in [-0.25, -0.2) is 9.59 Å². The number of aromatic carboxylic acids is 2. The lowest BCUT2D eigenvalue weighted by atomic mass is 9.95. The number of carbonyl (C=O) groups is 2. The summed E-state index contributed by atoms with van der Waals surface area (Å²) in [7, 11) is 0. The molecule has 0 amide bonds. The molecule has 1 aromatic heterocycles. The van der Waals surface area contributed by atoms with Crippen molar-refractivity contribution < 1.29 is 24.5 Å². The Kier molecular flexibility index (Phi) is 7.06. The van der Waals surface area contributed by atoms with Gasteiger partial charge in [0.25, 0.3) is 5.56 Å². The van der Waals surface area contributed by atoms with E-state index >= 15 is 0 Å².